The van der Waals surface area contributed by atoms with E-state index in [1.807, 2.05) is 20.8 Å². The molecule has 0 radical (unpaired) electrons. The minimum absolute atomic E-state index is 0.0837. The van der Waals surface area contributed by atoms with Crippen LogP contribution in [0.4, 0.5) is 4.79 Å². The van der Waals surface area contributed by atoms with Gasteiger partial charge in [0.15, 0.2) is 0 Å². The van der Waals surface area contributed by atoms with E-state index in [-0.39, 0.29) is 24.0 Å². The topological polar surface area (TPSA) is 76.1 Å². The van der Waals surface area contributed by atoms with Gasteiger partial charge in [-0.1, -0.05) is 6.42 Å². The number of carbonyl (C=O) groups excluding carboxylic acids is 1. The van der Waals surface area contributed by atoms with Crippen molar-refractivity contribution < 1.29 is 24.2 Å². The molecule has 21 heavy (non-hydrogen) atoms. The SMILES string of the molecule is CC(C)(C)OC(=O)N1CCOCC1C1(CC(=O)O)CCC1. The average Bonchev–Trinajstić information content (AvgIpc) is 2.31. The molecule has 2 aliphatic rings. The summed E-state index contributed by atoms with van der Waals surface area (Å²) >= 11 is 0. The van der Waals surface area contributed by atoms with Crippen molar-refractivity contribution >= 4 is 12.1 Å². The molecule has 1 heterocycles. The van der Waals surface area contributed by atoms with Gasteiger partial charge in [-0.15, -0.1) is 0 Å². The normalized spacial score (nSPS) is 25.1. The average molecular weight is 299 g/mol. The highest BCUT2D eigenvalue weighted by Gasteiger charge is 2.50. The first kappa shape index (κ1) is 16.1. The Morgan fingerprint density at radius 3 is 2.52 bits per heavy atom. The van der Waals surface area contributed by atoms with Crippen LogP contribution in [0.2, 0.25) is 0 Å². The van der Waals surface area contributed by atoms with Crippen molar-refractivity contribution in [1.29, 1.82) is 0 Å². The number of carboxylic acid groups (broad SMARTS) is 1. The molecule has 1 unspecified atom stereocenters. The summed E-state index contributed by atoms with van der Waals surface area (Å²) in [4.78, 5) is 25.3. The van der Waals surface area contributed by atoms with E-state index < -0.39 is 11.6 Å². The van der Waals surface area contributed by atoms with E-state index in [2.05, 4.69) is 0 Å². The monoisotopic (exact) mass is 299 g/mol. The van der Waals surface area contributed by atoms with Gasteiger partial charge < -0.3 is 19.5 Å². The molecular weight excluding hydrogens is 274 g/mol. The van der Waals surface area contributed by atoms with Crippen molar-refractivity contribution in [2.45, 2.75) is 58.1 Å². The van der Waals surface area contributed by atoms with Crippen LogP contribution >= 0.6 is 0 Å². The van der Waals surface area contributed by atoms with Crippen LogP contribution in [0.5, 0.6) is 0 Å². The highest BCUT2D eigenvalue weighted by molar-refractivity contribution is 5.70. The van der Waals surface area contributed by atoms with Crippen LogP contribution in [0.15, 0.2) is 0 Å². The lowest BCUT2D eigenvalue weighted by molar-refractivity contribution is -0.148. The van der Waals surface area contributed by atoms with Crippen LogP contribution in [0.25, 0.3) is 0 Å². The fourth-order valence-electron chi connectivity index (χ4n) is 3.21. The van der Waals surface area contributed by atoms with Crippen LogP contribution in [0.3, 0.4) is 0 Å². The van der Waals surface area contributed by atoms with Gasteiger partial charge in [0.05, 0.1) is 25.7 Å². The number of aliphatic carboxylic acids is 1. The molecule has 1 amide bonds. The van der Waals surface area contributed by atoms with E-state index in [0.29, 0.717) is 19.8 Å². The first-order chi connectivity index (χ1) is 9.73. The van der Waals surface area contributed by atoms with Crippen LogP contribution in [0, 0.1) is 5.41 Å². The number of morpholine rings is 1. The lowest BCUT2D eigenvalue weighted by Crippen LogP contribution is -2.60. The molecule has 0 bridgehead atoms. The minimum Gasteiger partial charge on any atom is -0.481 e. The Hall–Kier alpha value is -1.30. The maximum absolute atomic E-state index is 12.4. The number of ether oxygens (including phenoxy) is 2. The Labute approximate surface area is 125 Å². The summed E-state index contributed by atoms with van der Waals surface area (Å²) in [6, 6.07) is -0.203. The summed E-state index contributed by atoms with van der Waals surface area (Å²) in [5.41, 5.74) is -0.914. The maximum Gasteiger partial charge on any atom is 0.410 e. The molecule has 1 N–H and O–H groups in total. The zero-order valence-electron chi connectivity index (χ0n) is 13.1. The summed E-state index contributed by atoms with van der Waals surface area (Å²) in [6.07, 6.45) is 2.37. The lowest BCUT2D eigenvalue weighted by atomic mass is 9.61. The minimum atomic E-state index is -0.815. The first-order valence-electron chi connectivity index (χ1n) is 7.53. The molecule has 1 saturated carbocycles. The molecule has 0 aromatic rings. The predicted octanol–water partition coefficient (Wildman–Crippen LogP) is 2.27. The Bertz CT molecular complexity index is 411. The second kappa shape index (κ2) is 5.83. The van der Waals surface area contributed by atoms with E-state index in [1.165, 1.54) is 0 Å². The van der Waals surface area contributed by atoms with Crippen molar-refractivity contribution in [3.63, 3.8) is 0 Å². The molecule has 6 heteroatoms. The van der Waals surface area contributed by atoms with Gasteiger partial charge >= 0.3 is 12.1 Å². The molecule has 0 aromatic carbocycles. The van der Waals surface area contributed by atoms with Gasteiger partial charge in [0.25, 0.3) is 0 Å². The number of amides is 1. The van der Waals surface area contributed by atoms with Gasteiger partial charge in [0.2, 0.25) is 0 Å². The Morgan fingerprint density at radius 2 is 2.05 bits per heavy atom. The van der Waals surface area contributed by atoms with Crippen molar-refractivity contribution in [2.75, 3.05) is 19.8 Å². The van der Waals surface area contributed by atoms with E-state index in [4.69, 9.17) is 9.47 Å². The van der Waals surface area contributed by atoms with Crippen LogP contribution in [0.1, 0.15) is 46.5 Å². The largest absolute Gasteiger partial charge is 0.481 e. The summed E-state index contributed by atoms with van der Waals surface area (Å²) in [6.45, 7) is 6.82. The van der Waals surface area contributed by atoms with Crippen LogP contribution in [-0.4, -0.2) is 53.5 Å². The Balaban J connectivity index is 2.14. The van der Waals surface area contributed by atoms with Gasteiger partial charge in [-0.05, 0) is 33.6 Å². The zero-order chi connectivity index (χ0) is 15.7. The third-order valence-corrected chi connectivity index (χ3v) is 4.32. The number of hydrogen-bond donors (Lipinski definition) is 1. The molecule has 1 saturated heterocycles. The number of nitrogens with zero attached hydrogens (tertiary/aromatic N) is 1. The summed E-state index contributed by atoms with van der Waals surface area (Å²) in [7, 11) is 0. The first-order valence-corrected chi connectivity index (χ1v) is 7.53. The number of rotatable bonds is 3. The molecule has 0 spiro atoms. The molecule has 1 aliphatic carbocycles. The number of hydrogen-bond acceptors (Lipinski definition) is 4. The van der Waals surface area contributed by atoms with Crippen molar-refractivity contribution in [1.82, 2.24) is 4.90 Å². The smallest absolute Gasteiger partial charge is 0.410 e. The highest BCUT2D eigenvalue weighted by atomic mass is 16.6. The summed E-state index contributed by atoms with van der Waals surface area (Å²) < 4.78 is 11.0. The molecule has 6 nitrogen and oxygen atoms in total. The Morgan fingerprint density at radius 1 is 1.38 bits per heavy atom. The number of carboxylic acids is 1. The fourth-order valence-corrected chi connectivity index (χ4v) is 3.21. The van der Waals surface area contributed by atoms with Crippen molar-refractivity contribution in [3.05, 3.63) is 0 Å². The maximum atomic E-state index is 12.4. The molecule has 2 rings (SSSR count). The predicted molar refractivity (Wildman–Crippen MR) is 76.1 cm³/mol. The Kier molecular flexibility index (Phi) is 4.46. The third-order valence-electron chi connectivity index (χ3n) is 4.32. The number of carbonyl (C=O) groups is 2. The van der Waals surface area contributed by atoms with E-state index in [0.717, 1.165) is 19.3 Å². The van der Waals surface area contributed by atoms with Gasteiger partial charge in [0.1, 0.15) is 5.60 Å². The van der Waals surface area contributed by atoms with Gasteiger partial charge in [-0.2, -0.15) is 0 Å². The van der Waals surface area contributed by atoms with Crippen molar-refractivity contribution in [3.8, 4) is 0 Å². The second-order valence-corrected chi connectivity index (χ2v) is 7.05. The van der Waals surface area contributed by atoms with E-state index in [1.54, 1.807) is 4.90 Å². The molecule has 2 fully saturated rings. The molecule has 0 aromatic heterocycles. The van der Waals surface area contributed by atoms with Gasteiger partial charge in [-0.3, -0.25) is 4.79 Å². The van der Waals surface area contributed by atoms with Gasteiger partial charge in [-0.25, -0.2) is 4.79 Å². The third kappa shape index (κ3) is 3.67. The summed E-state index contributed by atoms with van der Waals surface area (Å²) in [5.74, 6) is -0.815. The molecular formula is C15H25NO5. The van der Waals surface area contributed by atoms with Crippen LogP contribution in [-0.2, 0) is 14.3 Å². The standard InChI is InChI=1S/C15H25NO5/c1-14(2,3)21-13(19)16-7-8-20-10-11(16)15(5-4-6-15)9-12(17)18/h11H,4-10H2,1-3H3,(H,17,18). The van der Waals surface area contributed by atoms with E-state index in [9.17, 15) is 14.7 Å². The lowest BCUT2D eigenvalue weighted by Gasteiger charge is -2.52. The molecule has 120 valence electrons. The summed E-state index contributed by atoms with van der Waals surface area (Å²) in [5, 5.41) is 9.18. The van der Waals surface area contributed by atoms with Gasteiger partial charge in [0, 0.05) is 12.0 Å². The van der Waals surface area contributed by atoms with Crippen LogP contribution < -0.4 is 0 Å². The highest BCUT2D eigenvalue weighted by Crippen LogP contribution is 2.49. The quantitative estimate of drug-likeness (QED) is 0.865. The molecule has 1 atom stereocenters. The zero-order valence-corrected chi connectivity index (χ0v) is 13.1. The van der Waals surface area contributed by atoms with Crippen molar-refractivity contribution in [2.24, 2.45) is 5.41 Å². The molecule has 1 aliphatic heterocycles. The van der Waals surface area contributed by atoms with E-state index >= 15 is 0 Å². The fraction of sp³-hybridized carbons (Fsp3) is 0.867. The second-order valence-electron chi connectivity index (χ2n) is 7.05.